The van der Waals surface area contributed by atoms with Crippen LogP contribution in [0.1, 0.15) is 37.6 Å². The maximum atomic E-state index is 13.2. The van der Waals surface area contributed by atoms with E-state index < -0.39 is 0 Å². The monoisotopic (exact) mass is 277 g/mol. The molecule has 0 bridgehead atoms. The van der Waals surface area contributed by atoms with Crippen molar-refractivity contribution >= 4 is 21.4 Å². The Hall–Kier alpha value is -1.19. The Morgan fingerprint density at radius 1 is 1.42 bits per heavy atom. The molecule has 0 saturated heterocycles. The maximum Gasteiger partial charge on any atom is 0.123 e. The van der Waals surface area contributed by atoms with Crippen molar-refractivity contribution in [3.8, 4) is 0 Å². The Morgan fingerprint density at radius 2 is 2.21 bits per heavy atom. The van der Waals surface area contributed by atoms with Gasteiger partial charge in [0.25, 0.3) is 0 Å². The molecule has 0 fully saturated rings. The molecule has 0 amide bonds. The molecule has 0 saturated carbocycles. The molecule has 1 heterocycles. The fourth-order valence-electron chi connectivity index (χ4n) is 2.15. The fourth-order valence-corrected chi connectivity index (χ4v) is 3.27. The first-order valence-corrected chi connectivity index (χ1v) is 7.48. The smallest absolute Gasteiger partial charge is 0.123 e. The van der Waals surface area contributed by atoms with Gasteiger partial charge in [-0.1, -0.05) is 12.5 Å². The highest BCUT2D eigenvalue weighted by Crippen LogP contribution is 2.32. The Kier molecular flexibility index (Phi) is 4.72. The van der Waals surface area contributed by atoms with Crippen LogP contribution in [-0.4, -0.2) is 6.54 Å². The Labute approximate surface area is 118 Å². The second kappa shape index (κ2) is 6.31. The van der Waals surface area contributed by atoms with E-state index in [9.17, 15) is 4.39 Å². The summed E-state index contributed by atoms with van der Waals surface area (Å²) < 4.78 is 14.4. The number of rotatable bonds is 6. The molecule has 19 heavy (non-hydrogen) atoms. The third-order valence-corrected chi connectivity index (χ3v) is 4.26. The molecule has 2 rings (SSSR count). The molecule has 3 heteroatoms. The van der Waals surface area contributed by atoms with Crippen LogP contribution < -0.4 is 5.32 Å². The number of hydrogen-bond acceptors (Lipinski definition) is 2. The lowest BCUT2D eigenvalue weighted by atomic mass is 10.1. The number of benzene rings is 1. The predicted octanol–water partition coefficient (Wildman–Crippen LogP) is 5.05. The average molecular weight is 277 g/mol. The van der Waals surface area contributed by atoms with Crippen molar-refractivity contribution < 1.29 is 4.39 Å². The van der Waals surface area contributed by atoms with Gasteiger partial charge in [-0.2, -0.15) is 0 Å². The Morgan fingerprint density at radius 3 is 2.89 bits per heavy atom. The molecular weight excluding hydrogens is 257 g/mol. The molecule has 1 unspecified atom stereocenters. The summed E-state index contributed by atoms with van der Waals surface area (Å²) in [6, 6.07) is 7.37. The quantitative estimate of drug-likeness (QED) is 0.729. The van der Waals surface area contributed by atoms with Crippen LogP contribution in [0.4, 0.5) is 4.39 Å². The van der Waals surface area contributed by atoms with Crippen molar-refractivity contribution in [3.63, 3.8) is 0 Å². The van der Waals surface area contributed by atoms with Crippen molar-refractivity contribution in [3.05, 3.63) is 47.1 Å². The van der Waals surface area contributed by atoms with Gasteiger partial charge in [-0.25, -0.2) is 4.39 Å². The summed E-state index contributed by atoms with van der Waals surface area (Å²) in [4.78, 5) is 1.26. The molecule has 0 radical (unpaired) electrons. The molecule has 0 aliphatic rings. The molecule has 1 nitrogen and oxygen atoms in total. The van der Waals surface area contributed by atoms with Crippen LogP contribution in [0.2, 0.25) is 0 Å². The van der Waals surface area contributed by atoms with Gasteiger partial charge in [-0.15, -0.1) is 17.9 Å². The second-order valence-electron chi connectivity index (χ2n) is 5.00. The lowest BCUT2D eigenvalue weighted by molar-refractivity contribution is 0.535. The number of hydrogen-bond donors (Lipinski definition) is 1. The zero-order chi connectivity index (χ0) is 13.8. The highest BCUT2D eigenvalue weighted by molar-refractivity contribution is 7.19. The van der Waals surface area contributed by atoms with E-state index in [4.69, 9.17) is 0 Å². The largest absolute Gasteiger partial charge is 0.309 e. The number of nitrogens with one attached hydrogen (secondary N) is 1. The van der Waals surface area contributed by atoms with Crippen LogP contribution in [-0.2, 0) is 0 Å². The van der Waals surface area contributed by atoms with Crippen LogP contribution >= 0.6 is 11.3 Å². The summed E-state index contributed by atoms with van der Waals surface area (Å²) in [5, 5.41) is 4.54. The number of halogens is 1. The van der Waals surface area contributed by atoms with E-state index in [0.29, 0.717) is 0 Å². The van der Waals surface area contributed by atoms with Crippen LogP contribution in [0, 0.1) is 5.82 Å². The molecule has 0 aliphatic carbocycles. The predicted molar refractivity (Wildman–Crippen MR) is 82.2 cm³/mol. The molecule has 1 N–H and O–H groups in total. The van der Waals surface area contributed by atoms with E-state index in [1.165, 1.54) is 10.9 Å². The van der Waals surface area contributed by atoms with Gasteiger partial charge in [0.05, 0.1) is 0 Å². The zero-order valence-electron chi connectivity index (χ0n) is 11.5. The van der Waals surface area contributed by atoms with E-state index in [-0.39, 0.29) is 11.9 Å². The lowest BCUT2D eigenvalue weighted by Crippen LogP contribution is -2.21. The van der Waals surface area contributed by atoms with Crippen molar-refractivity contribution in [2.24, 2.45) is 0 Å². The third kappa shape index (κ3) is 3.64. The fraction of sp³-hybridized carbons (Fsp3) is 0.375. The normalized spacial score (nSPS) is 12.8. The molecule has 1 aromatic carbocycles. The van der Waals surface area contributed by atoms with Gasteiger partial charge < -0.3 is 5.32 Å². The van der Waals surface area contributed by atoms with Crippen molar-refractivity contribution in [1.29, 1.82) is 0 Å². The maximum absolute atomic E-state index is 13.2. The minimum atomic E-state index is -0.171. The number of thiophene rings is 1. The molecule has 1 atom stereocenters. The second-order valence-corrected chi connectivity index (χ2v) is 6.11. The van der Waals surface area contributed by atoms with Gasteiger partial charge in [0.1, 0.15) is 5.82 Å². The van der Waals surface area contributed by atoms with Crippen LogP contribution in [0.3, 0.4) is 0 Å². The van der Waals surface area contributed by atoms with Gasteiger partial charge in [-0.3, -0.25) is 0 Å². The van der Waals surface area contributed by atoms with Crippen molar-refractivity contribution in [2.45, 2.75) is 32.7 Å². The van der Waals surface area contributed by atoms with Crippen molar-refractivity contribution in [2.75, 3.05) is 6.54 Å². The van der Waals surface area contributed by atoms with Gasteiger partial charge in [0.2, 0.25) is 0 Å². The van der Waals surface area contributed by atoms with Gasteiger partial charge in [0, 0.05) is 15.6 Å². The molecule has 0 aliphatic heterocycles. The highest BCUT2D eigenvalue weighted by atomic mass is 32.1. The first-order valence-electron chi connectivity index (χ1n) is 6.67. The first kappa shape index (κ1) is 14.2. The summed E-state index contributed by atoms with van der Waals surface area (Å²) in [5.74, 6) is -0.171. The van der Waals surface area contributed by atoms with E-state index >= 15 is 0 Å². The van der Waals surface area contributed by atoms with Gasteiger partial charge in [-0.05, 0) is 56.0 Å². The molecule has 1 aromatic heterocycles. The zero-order valence-corrected chi connectivity index (χ0v) is 12.3. The van der Waals surface area contributed by atoms with E-state index in [1.807, 2.05) is 13.0 Å². The summed E-state index contributed by atoms with van der Waals surface area (Å²) in [5.41, 5.74) is 1.16. The van der Waals surface area contributed by atoms with Crippen molar-refractivity contribution in [1.82, 2.24) is 5.32 Å². The third-order valence-electron chi connectivity index (χ3n) is 3.03. The number of fused-ring (bicyclic) bond motifs is 1. The molecular formula is C16H20FNS. The van der Waals surface area contributed by atoms with Gasteiger partial charge in [0.15, 0.2) is 0 Å². The average Bonchev–Trinajstić information content (AvgIpc) is 2.76. The highest BCUT2D eigenvalue weighted by Gasteiger charge is 2.14. The standard InChI is InChI=1S/C16H20FNS/c1-4-7-18-14(8-11(2)3)16-10-12-9-13(17)5-6-15(12)19-16/h5-6,9-10,14,18H,2,4,7-8H2,1,3H3. The summed E-state index contributed by atoms with van der Waals surface area (Å²) in [7, 11) is 0. The van der Waals surface area contributed by atoms with E-state index in [2.05, 4.69) is 24.9 Å². The minimum Gasteiger partial charge on any atom is -0.309 e. The Balaban J connectivity index is 2.29. The van der Waals surface area contributed by atoms with Crippen LogP contribution in [0.5, 0.6) is 0 Å². The van der Waals surface area contributed by atoms with E-state index in [1.54, 1.807) is 17.4 Å². The topological polar surface area (TPSA) is 12.0 Å². The summed E-state index contributed by atoms with van der Waals surface area (Å²) in [6.07, 6.45) is 2.03. The minimum absolute atomic E-state index is 0.171. The first-order chi connectivity index (χ1) is 9.10. The summed E-state index contributed by atoms with van der Waals surface area (Å²) in [6.45, 7) is 9.19. The summed E-state index contributed by atoms with van der Waals surface area (Å²) >= 11 is 1.74. The van der Waals surface area contributed by atoms with Crippen LogP contribution in [0.25, 0.3) is 10.1 Å². The van der Waals surface area contributed by atoms with Gasteiger partial charge >= 0.3 is 0 Å². The molecule has 102 valence electrons. The van der Waals surface area contributed by atoms with Crippen LogP contribution in [0.15, 0.2) is 36.4 Å². The Bertz CT molecular complexity index is 573. The molecule has 2 aromatic rings. The lowest BCUT2D eigenvalue weighted by Gasteiger charge is -2.16. The van der Waals surface area contributed by atoms with E-state index in [0.717, 1.165) is 35.0 Å². The molecule has 0 spiro atoms. The SMILES string of the molecule is C=C(C)CC(NCCC)c1cc2cc(F)ccc2s1.